The predicted molar refractivity (Wildman–Crippen MR) is 10.7 cm³/mol. The van der Waals surface area contributed by atoms with E-state index >= 15 is 0 Å². The Morgan fingerprint density at radius 2 is 2.00 bits per heavy atom. The zero-order chi connectivity index (χ0) is 4.28. The van der Waals surface area contributed by atoms with E-state index in [2.05, 4.69) is 4.99 Å². The summed E-state index contributed by atoms with van der Waals surface area (Å²) in [6.45, 7) is 0. The van der Waals surface area contributed by atoms with Crippen molar-refractivity contribution in [2.45, 2.75) is 0 Å². The summed E-state index contributed by atoms with van der Waals surface area (Å²) in [5, 5.41) is 14.3. The minimum Gasteiger partial charge on any atom is -0.214 e. The van der Waals surface area contributed by atoms with E-state index in [0.29, 0.717) is 0 Å². The second-order valence-corrected chi connectivity index (χ2v) is 0.305. The van der Waals surface area contributed by atoms with Crippen molar-refractivity contribution in [1.82, 2.24) is 0 Å². The van der Waals surface area contributed by atoms with E-state index in [1.54, 1.807) is 0 Å². The first-order valence-corrected chi connectivity index (χ1v) is 0.730. The Kier molecular flexibility index (Phi) is 7.90. The first kappa shape index (κ1) is 9.40. The van der Waals surface area contributed by atoms with Crippen LogP contribution >= 0.6 is 0 Å². The third-order valence-electron chi connectivity index (χ3n) is 0.0667. The van der Waals surface area contributed by atoms with E-state index in [1.165, 1.54) is 0 Å². The fraction of sp³-hybridized carbons (Fsp3) is 0. The van der Waals surface area contributed by atoms with Crippen LogP contribution in [-0.2, 0) is 31.2 Å². The van der Waals surface area contributed by atoms with E-state index in [4.69, 9.17) is 15.4 Å². The van der Waals surface area contributed by atoms with E-state index in [9.17, 15) is 0 Å². The Morgan fingerprint density at radius 1 is 1.83 bits per heavy atom. The van der Waals surface area contributed by atoms with Crippen molar-refractivity contribution in [1.29, 1.82) is 0 Å². The van der Waals surface area contributed by atoms with E-state index in [-0.39, 0.29) is 26.2 Å². The molecule has 0 aromatic heterocycles. The van der Waals surface area contributed by atoms with Crippen molar-refractivity contribution in [2.75, 3.05) is 0 Å². The van der Waals surface area contributed by atoms with Gasteiger partial charge in [0.2, 0.25) is 0 Å². The molecule has 0 aliphatic carbocycles. The van der Waals surface area contributed by atoms with Crippen LogP contribution in [0.1, 0.15) is 0 Å². The second-order valence-electron chi connectivity index (χ2n) is 0.305. The SMILES string of the molecule is O=[N+]([O-])OO.[Zr+2]. The molecule has 5 nitrogen and oxygen atoms in total. The third-order valence-corrected chi connectivity index (χ3v) is 0.0667. The smallest absolute Gasteiger partial charge is 0.214 e. The Balaban J connectivity index is 0. The van der Waals surface area contributed by atoms with Gasteiger partial charge in [0.15, 0.2) is 0 Å². The Bertz CT molecular complexity index is 42.8. The van der Waals surface area contributed by atoms with Crippen molar-refractivity contribution in [3.8, 4) is 0 Å². The van der Waals surface area contributed by atoms with Gasteiger partial charge in [0.05, 0.1) is 0 Å². The molecule has 32 valence electrons. The van der Waals surface area contributed by atoms with Crippen LogP contribution < -0.4 is 0 Å². The van der Waals surface area contributed by atoms with Crippen LogP contribution in [0.4, 0.5) is 0 Å². The summed E-state index contributed by atoms with van der Waals surface area (Å²) >= 11 is 0. The third kappa shape index (κ3) is 8.97. The van der Waals surface area contributed by atoms with Gasteiger partial charge in [0.1, 0.15) is 0 Å². The van der Waals surface area contributed by atoms with Crippen LogP contribution in [0, 0.1) is 10.1 Å². The minimum absolute atomic E-state index is 0. The normalized spacial score (nSPS) is 5.50. The molecule has 0 radical (unpaired) electrons. The van der Waals surface area contributed by atoms with Crippen LogP contribution in [0.15, 0.2) is 0 Å². The first-order valence-electron chi connectivity index (χ1n) is 0.730. The molecule has 0 aromatic rings. The molecule has 0 spiro atoms. The molecule has 0 aliphatic rings. The molecule has 6 heavy (non-hydrogen) atoms. The predicted octanol–water partition coefficient (Wildman–Crippen LogP) is -0.335. The van der Waals surface area contributed by atoms with Gasteiger partial charge >= 0.3 is 31.3 Å². The van der Waals surface area contributed by atoms with Crippen molar-refractivity contribution in [3.63, 3.8) is 0 Å². The number of hydrogen-bond acceptors (Lipinski definition) is 4. The molecule has 0 amide bonds. The Morgan fingerprint density at radius 3 is 2.00 bits per heavy atom. The number of rotatable bonds is 1. The molecule has 0 saturated carbocycles. The summed E-state index contributed by atoms with van der Waals surface area (Å²) in [7, 11) is 0. The van der Waals surface area contributed by atoms with Crippen LogP contribution in [-0.4, -0.2) is 10.3 Å². The fourth-order valence-corrected chi connectivity index (χ4v) is 0. The topological polar surface area (TPSA) is 72.6 Å². The molecule has 6 heteroatoms. The van der Waals surface area contributed by atoms with Crippen molar-refractivity contribution >= 4 is 0 Å². The molecule has 0 heterocycles. The minimum atomic E-state index is -1.32. The number of nitrogens with zero attached hydrogens (tertiary/aromatic N) is 1. The van der Waals surface area contributed by atoms with Gasteiger partial charge in [-0.2, -0.15) is 0 Å². The second kappa shape index (κ2) is 5.04. The van der Waals surface area contributed by atoms with E-state index < -0.39 is 5.09 Å². The van der Waals surface area contributed by atoms with Crippen LogP contribution in [0.2, 0.25) is 0 Å². The molecule has 0 saturated heterocycles. The summed E-state index contributed by atoms with van der Waals surface area (Å²) in [5.41, 5.74) is 0. The van der Waals surface area contributed by atoms with Crippen LogP contribution in [0.3, 0.4) is 0 Å². The van der Waals surface area contributed by atoms with Crippen LogP contribution in [0.25, 0.3) is 0 Å². The molecule has 0 bridgehead atoms. The van der Waals surface area contributed by atoms with Gasteiger partial charge in [-0.25, -0.2) is 5.26 Å². The standard InChI is InChI=1S/HNO4.Zr/c2-1(3)5-4;/h4H;/q;+2. The summed E-state index contributed by atoms with van der Waals surface area (Å²) < 4.78 is 0. The molecule has 0 aromatic carbocycles. The summed E-state index contributed by atoms with van der Waals surface area (Å²) in [4.78, 5) is 11.2. The molecule has 0 rings (SSSR count). The van der Waals surface area contributed by atoms with Gasteiger partial charge in [-0.05, 0) is 0 Å². The molecule has 0 aliphatic heterocycles. The molecule has 0 fully saturated rings. The van der Waals surface area contributed by atoms with Crippen molar-refractivity contribution in [3.05, 3.63) is 10.1 Å². The van der Waals surface area contributed by atoms with Gasteiger partial charge in [-0.3, -0.25) is 0 Å². The first-order chi connectivity index (χ1) is 2.27. The molecule has 1 N–H and O–H groups in total. The zero-order valence-corrected chi connectivity index (χ0v) is 5.08. The van der Waals surface area contributed by atoms with Gasteiger partial charge < -0.3 is 0 Å². The monoisotopic (exact) mass is 169 g/mol. The maximum absolute atomic E-state index is 8.70. The van der Waals surface area contributed by atoms with Gasteiger partial charge in [0.25, 0.3) is 0 Å². The van der Waals surface area contributed by atoms with Gasteiger partial charge in [0, 0.05) is 0 Å². The van der Waals surface area contributed by atoms with Gasteiger partial charge in [-0.15, -0.1) is 15.1 Å². The number of hydrogen-bond donors (Lipinski definition) is 1. The zero-order valence-electron chi connectivity index (χ0n) is 2.62. The summed E-state index contributed by atoms with van der Waals surface area (Å²) in [6.07, 6.45) is 0. The molecular weight excluding hydrogens is 169 g/mol. The summed E-state index contributed by atoms with van der Waals surface area (Å²) in [5.74, 6) is 0. The maximum Gasteiger partial charge on any atom is 2.00 e. The Hall–Kier alpha value is 0.0431. The largest absolute Gasteiger partial charge is 2.00 e. The average Bonchev–Trinajstić information content (AvgIpc) is 1.38. The molecule has 0 atom stereocenters. The Labute approximate surface area is 52.1 Å². The van der Waals surface area contributed by atoms with E-state index in [1.807, 2.05) is 0 Å². The van der Waals surface area contributed by atoms with E-state index in [0.717, 1.165) is 0 Å². The van der Waals surface area contributed by atoms with Crippen LogP contribution in [0.5, 0.6) is 0 Å². The maximum atomic E-state index is 8.70. The van der Waals surface area contributed by atoms with Crippen molar-refractivity contribution in [2.24, 2.45) is 0 Å². The van der Waals surface area contributed by atoms with Gasteiger partial charge in [-0.1, -0.05) is 0 Å². The molecule has 0 unspecified atom stereocenters. The fourth-order valence-electron chi connectivity index (χ4n) is 0. The average molecular weight is 170 g/mol. The molecular formula is HNO4Zr+2. The quantitative estimate of drug-likeness (QED) is 0.332. The van der Waals surface area contributed by atoms with Crippen molar-refractivity contribution < 1.29 is 41.5 Å². The summed E-state index contributed by atoms with van der Waals surface area (Å²) in [6, 6.07) is 0.